The van der Waals surface area contributed by atoms with Crippen LogP contribution in [0.5, 0.6) is 0 Å². The van der Waals surface area contributed by atoms with E-state index in [-0.39, 0.29) is 17.8 Å². The van der Waals surface area contributed by atoms with Gasteiger partial charge in [-0.1, -0.05) is 60.7 Å². The number of nitrogens with one attached hydrogen (secondary N) is 1. The standard InChI is InChI=1S/C24H21N3O2S/c28-19(17-9-5-2-6-10-17)13-21-25-23(29)22-18-11-12-27(14-16-7-3-1-4-8-16)15-20(18)30-24(22)26-21/h1-10H,11-15H2,(H,25,26,29). The number of carbonyl (C=O) groups excluding carboxylic acids is 1. The zero-order valence-electron chi connectivity index (χ0n) is 16.4. The van der Waals surface area contributed by atoms with Gasteiger partial charge < -0.3 is 4.98 Å². The molecule has 2 aromatic carbocycles. The van der Waals surface area contributed by atoms with Crippen LogP contribution in [-0.4, -0.2) is 27.2 Å². The highest BCUT2D eigenvalue weighted by Gasteiger charge is 2.24. The number of rotatable bonds is 5. The van der Waals surface area contributed by atoms with Gasteiger partial charge in [-0.05, 0) is 17.5 Å². The quantitative estimate of drug-likeness (QED) is 0.501. The van der Waals surface area contributed by atoms with Crippen LogP contribution in [-0.2, 0) is 25.9 Å². The smallest absolute Gasteiger partial charge is 0.259 e. The number of thiophene rings is 1. The average Bonchev–Trinajstić information content (AvgIpc) is 3.13. The molecule has 0 saturated heterocycles. The fraction of sp³-hybridized carbons (Fsp3) is 0.208. The lowest BCUT2D eigenvalue weighted by Crippen LogP contribution is -2.29. The second-order valence-corrected chi connectivity index (χ2v) is 8.69. The Kier molecular flexibility index (Phi) is 5.02. The lowest BCUT2D eigenvalue weighted by Gasteiger charge is -2.26. The van der Waals surface area contributed by atoms with E-state index in [1.807, 2.05) is 24.3 Å². The molecule has 0 saturated carbocycles. The van der Waals surface area contributed by atoms with E-state index in [1.165, 1.54) is 10.4 Å². The second kappa shape index (κ2) is 7.97. The largest absolute Gasteiger partial charge is 0.310 e. The van der Waals surface area contributed by atoms with Crippen LogP contribution in [0.15, 0.2) is 65.5 Å². The summed E-state index contributed by atoms with van der Waals surface area (Å²) in [5.41, 5.74) is 2.90. The molecule has 2 aromatic heterocycles. The number of aromatic amines is 1. The fourth-order valence-corrected chi connectivity index (χ4v) is 5.32. The maximum Gasteiger partial charge on any atom is 0.259 e. The lowest BCUT2D eigenvalue weighted by molar-refractivity contribution is 0.0991. The third-order valence-electron chi connectivity index (χ3n) is 5.51. The minimum atomic E-state index is -0.134. The predicted octanol–water partition coefficient (Wildman–Crippen LogP) is 3.97. The maximum atomic E-state index is 12.8. The first-order valence-corrected chi connectivity index (χ1v) is 10.9. The summed E-state index contributed by atoms with van der Waals surface area (Å²) < 4.78 is 0. The van der Waals surface area contributed by atoms with Gasteiger partial charge in [0.25, 0.3) is 5.56 Å². The Morgan fingerprint density at radius 3 is 2.57 bits per heavy atom. The van der Waals surface area contributed by atoms with E-state index < -0.39 is 0 Å². The molecule has 3 heterocycles. The number of carbonyl (C=O) groups is 1. The number of aromatic nitrogens is 2. The van der Waals surface area contributed by atoms with Crippen molar-refractivity contribution >= 4 is 27.3 Å². The summed E-state index contributed by atoms with van der Waals surface area (Å²) in [6.45, 7) is 2.64. The van der Waals surface area contributed by atoms with Crippen LogP contribution in [0.3, 0.4) is 0 Å². The molecule has 5 nitrogen and oxygen atoms in total. The Morgan fingerprint density at radius 2 is 1.80 bits per heavy atom. The predicted molar refractivity (Wildman–Crippen MR) is 119 cm³/mol. The molecule has 30 heavy (non-hydrogen) atoms. The van der Waals surface area contributed by atoms with Crippen LogP contribution in [0.25, 0.3) is 10.2 Å². The van der Waals surface area contributed by atoms with Gasteiger partial charge in [-0.3, -0.25) is 14.5 Å². The van der Waals surface area contributed by atoms with Crippen molar-refractivity contribution in [1.82, 2.24) is 14.9 Å². The van der Waals surface area contributed by atoms with Crippen molar-refractivity contribution in [1.29, 1.82) is 0 Å². The molecule has 1 aliphatic rings. The van der Waals surface area contributed by atoms with E-state index in [0.29, 0.717) is 16.8 Å². The first-order chi connectivity index (χ1) is 14.7. The Bertz CT molecular complexity index is 1260. The summed E-state index contributed by atoms with van der Waals surface area (Å²) in [7, 11) is 0. The third-order valence-corrected chi connectivity index (χ3v) is 6.62. The van der Waals surface area contributed by atoms with Crippen LogP contribution in [0.4, 0.5) is 0 Å². The molecule has 0 atom stereocenters. The molecule has 150 valence electrons. The highest BCUT2D eigenvalue weighted by atomic mass is 32.1. The summed E-state index contributed by atoms with van der Waals surface area (Å²) in [6, 6.07) is 19.5. The number of nitrogens with zero attached hydrogens (tertiary/aromatic N) is 2. The van der Waals surface area contributed by atoms with E-state index >= 15 is 0 Å². The van der Waals surface area contributed by atoms with Crippen LogP contribution >= 0.6 is 11.3 Å². The van der Waals surface area contributed by atoms with Gasteiger partial charge in [-0.15, -0.1) is 11.3 Å². The number of benzene rings is 2. The summed E-state index contributed by atoms with van der Waals surface area (Å²) in [6.07, 6.45) is 0.938. The van der Waals surface area contributed by atoms with Crippen LogP contribution in [0, 0.1) is 0 Å². The highest BCUT2D eigenvalue weighted by Crippen LogP contribution is 2.32. The summed E-state index contributed by atoms with van der Waals surface area (Å²) >= 11 is 1.58. The van der Waals surface area contributed by atoms with Gasteiger partial charge in [0, 0.05) is 30.1 Å². The Hall–Kier alpha value is -3.09. The van der Waals surface area contributed by atoms with Crippen molar-refractivity contribution in [2.45, 2.75) is 25.9 Å². The van der Waals surface area contributed by atoms with Crippen molar-refractivity contribution in [3.8, 4) is 0 Å². The zero-order valence-corrected chi connectivity index (χ0v) is 17.2. The number of hydrogen-bond acceptors (Lipinski definition) is 5. The molecule has 0 spiro atoms. The van der Waals surface area contributed by atoms with Crippen molar-refractivity contribution in [3.63, 3.8) is 0 Å². The van der Waals surface area contributed by atoms with Crippen LogP contribution in [0.2, 0.25) is 0 Å². The molecule has 0 bridgehead atoms. The van der Waals surface area contributed by atoms with Gasteiger partial charge in [0.15, 0.2) is 5.78 Å². The molecule has 4 aromatic rings. The molecule has 0 fully saturated rings. The van der Waals surface area contributed by atoms with Crippen molar-refractivity contribution in [2.24, 2.45) is 0 Å². The fourth-order valence-electron chi connectivity index (χ4n) is 4.04. The molecule has 0 unspecified atom stereocenters. The Morgan fingerprint density at radius 1 is 1.07 bits per heavy atom. The zero-order chi connectivity index (χ0) is 20.5. The number of ketones is 1. The van der Waals surface area contributed by atoms with E-state index in [1.54, 1.807) is 23.5 Å². The van der Waals surface area contributed by atoms with E-state index in [9.17, 15) is 9.59 Å². The van der Waals surface area contributed by atoms with E-state index in [4.69, 9.17) is 0 Å². The minimum Gasteiger partial charge on any atom is -0.310 e. The van der Waals surface area contributed by atoms with Crippen molar-refractivity contribution < 1.29 is 4.79 Å². The highest BCUT2D eigenvalue weighted by molar-refractivity contribution is 7.18. The van der Waals surface area contributed by atoms with Crippen LogP contribution in [0.1, 0.15) is 32.2 Å². The van der Waals surface area contributed by atoms with Crippen molar-refractivity contribution in [2.75, 3.05) is 6.54 Å². The topological polar surface area (TPSA) is 66.1 Å². The summed E-state index contributed by atoms with van der Waals surface area (Å²) in [4.78, 5) is 37.1. The van der Waals surface area contributed by atoms with Gasteiger partial charge in [0.05, 0.1) is 11.8 Å². The molecule has 6 heteroatoms. The summed E-state index contributed by atoms with van der Waals surface area (Å²) in [5.74, 6) is 0.384. The summed E-state index contributed by atoms with van der Waals surface area (Å²) in [5, 5.41) is 0.699. The average molecular weight is 416 g/mol. The molecular formula is C24H21N3O2S. The van der Waals surface area contributed by atoms with Gasteiger partial charge in [-0.2, -0.15) is 0 Å². The molecule has 0 aliphatic carbocycles. The molecular weight excluding hydrogens is 394 g/mol. The van der Waals surface area contributed by atoms with E-state index in [2.05, 4.69) is 39.1 Å². The normalized spacial score (nSPS) is 14.0. The van der Waals surface area contributed by atoms with Crippen molar-refractivity contribution in [3.05, 3.63) is 98.4 Å². The Balaban J connectivity index is 1.40. The minimum absolute atomic E-state index is 0.0477. The molecule has 5 rings (SSSR count). The second-order valence-electron chi connectivity index (χ2n) is 7.61. The van der Waals surface area contributed by atoms with Gasteiger partial charge in [0.2, 0.25) is 0 Å². The van der Waals surface area contributed by atoms with Gasteiger partial charge in [0.1, 0.15) is 10.7 Å². The molecule has 1 N–H and O–H groups in total. The molecule has 0 amide bonds. The Labute approximate surface area is 178 Å². The maximum absolute atomic E-state index is 12.8. The van der Waals surface area contributed by atoms with Gasteiger partial charge >= 0.3 is 0 Å². The first-order valence-electron chi connectivity index (χ1n) is 10.1. The number of H-pyrrole nitrogens is 1. The van der Waals surface area contributed by atoms with E-state index in [0.717, 1.165) is 36.4 Å². The number of hydrogen-bond donors (Lipinski definition) is 1. The van der Waals surface area contributed by atoms with Gasteiger partial charge in [-0.25, -0.2) is 4.98 Å². The number of Topliss-reactive ketones (excluding diaryl/α,β-unsaturated/α-hetero) is 1. The van der Waals surface area contributed by atoms with Crippen LogP contribution < -0.4 is 5.56 Å². The first kappa shape index (κ1) is 18.9. The third kappa shape index (κ3) is 3.72. The lowest BCUT2D eigenvalue weighted by atomic mass is 10.0. The number of fused-ring (bicyclic) bond motifs is 3. The molecule has 0 radical (unpaired) electrons. The monoisotopic (exact) mass is 415 g/mol. The molecule has 1 aliphatic heterocycles. The SMILES string of the molecule is O=C(Cc1nc2sc3c(c2c(=O)[nH]1)CCN(Cc1ccccc1)C3)c1ccccc1.